The molecule has 31 heavy (non-hydrogen) atoms. The largest absolute Gasteiger partial charge is 0.507 e. The van der Waals surface area contributed by atoms with Crippen LogP contribution in [-0.4, -0.2) is 30.5 Å². The van der Waals surface area contributed by atoms with Crippen molar-refractivity contribution in [1.82, 2.24) is 0 Å². The first-order valence-electron chi connectivity index (χ1n) is 8.44. The summed E-state index contributed by atoms with van der Waals surface area (Å²) >= 11 is 12.3. The molecule has 3 rings (SSSR count). The first-order valence-corrected chi connectivity index (χ1v) is 10.7. The molecule has 0 atom stereocenters. The molecular formula is C20H13Cl2NO7S. The van der Waals surface area contributed by atoms with Gasteiger partial charge in [0.05, 0.1) is 14.9 Å². The minimum atomic E-state index is -4.03. The summed E-state index contributed by atoms with van der Waals surface area (Å²) in [7, 11) is -4.03. The van der Waals surface area contributed by atoms with Crippen molar-refractivity contribution in [2.75, 3.05) is 5.32 Å². The zero-order valence-electron chi connectivity index (χ0n) is 15.4. The fourth-order valence-corrected chi connectivity index (χ4v) is 4.48. The van der Waals surface area contributed by atoms with E-state index < -0.39 is 27.5 Å². The van der Waals surface area contributed by atoms with Gasteiger partial charge in [0.2, 0.25) is 9.84 Å². The van der Waals surface area contributed by atoms with Crippen LogP contribution in [0, 0.1) is 0 Å². The van der Waals surface area contributed by atoms with E-state index in [-0.39, 0.29) is 37.0 Å². The Balaban J connectivity index is 1.95. The summed E-state index contributed by atoms with van der Waals surface area (Å²) in [6, 6.07) is 13.5. The molecule has 1 amide bonds. The van der Waals surface area contributed by atoms with Crippen molar-refractivity contribution in [3.63, 3.8) is 0 Å². The van der Waals surface area contributed by atoms with Gasteiger partial charge in [-0.25, -0.2) is 13.2 Å². The highest BCUT2D eigenvalue weighted by Gasteiger charge is 2.23. The highest BCUT2D eigenvalue weighted by Crippen LogP contribution is 2.40. The van der Waals surface area contributed by atoms with E-state index in [9.17, 15) is 23.1 Å². The second-order valence-corrected chi connectivity index (χ2v) is 8.81. The third kappa shape index (κ3) is 4.91. The molecule has 0 saturated heterocycles. The molecule has 0 heterocycles. The van der Waals surface area contributed by atoms with Crippen molar-refractivity contribution in [3.8, 4) is 17.2 Å². The fraction of sp³-hybridized carbons (Fsp3) is 0. The molecule has 0 aliphatic heterocycles. The van der Waals surface area contributed by atoms with Crippen LogP contribution in [0.1, 0.15) is 0 Å². The number of ether oxygens (including phenoxy) is 1. The van der Waals surface area contributed by atoms with E-state index >= 15 is 0 Å². The van der Waals surface area contributed by atoms with Crippen molar-refractivity contribution >= 4 is 50.6 Å². The number of rotatable bonds is 5. The smallest absolute Gasteiger partial charge is 0.394 e. The number of carbonyl (C=O) groups excluding carboxylic acids is 1. The number of nitrogens with one attached hydrogen (secondary N) is 1. The van der Waals surface area contributed by atoms with Crippen LogP contribution in [0.4, 0.5) is 5.69 Å². The zero-order valence-corrected chi connectivity index (χ0v) is 17.7. The molecule has 11 heteroatoms. The van der Waals surface area contributed by atoms with Crippen LogP contribution < -0.4 is 10.1 Å². The van der Waals surface area contributed by atoms with E-state index in [0.29, 0.717) is 0 Å². The van der Waals surface area contributed by atoms with Gasteiger partial charge in [-0.2, -0.15) is 0 Å². The number of anilines is 1. The second kappa shape index (κ2) is 8.84. The number of phenolic OH excluding ortho intramolecular Hbond substituents is 1. The predicted octanol–water partition coefficient (Wildman–Crippen LogP) is 4.35. The molecule has 0 saturated carbocycles. The Labute approximate surface area is 186 Å². The summed E-state index contributed by atoms with van der Waals surface area (Å²) in [6.45, 7) is 0. The number of sulfone groups is 1. The van der Waals surface area contributed by atoms with Crippen molar-refractivity contribution in [2.24, 2.45) is 0 Å². The lowest BCUT2D eigenvalue weighted by atomic mass is 10.2. The molecule has 3 aromatic carbocycles. The van der Waals surface area contributed by atoms with Gasteiger partial charge in [-0.1, -0.05) is 41.4 Å². The van der Waals surface area contributed by atoms with Crippen LogP contribution >= 0.6 is 23.2 Å². The maximum Gasteiger partial charge on any atom is 0.394 e. The number of carboxylic acids is 1. The predicted molar refractivity (Wildman–Crippen MR) is 113 cm³/mol. The minimum absolute atomic E-state index is 0.0124. The third-order valence-electron chi connectivity index (χ3n) is 3.94. The van der Waals surface area contributed by atoms with Gasteiger partial charge in [0.25, 0.3) is 0 Å². The molecule has 0 unspecified atom stereocenters. The number of aromatic hydroxyl groups is 1. The van der Waals surface area contributed by atoms with E-state index in [1.807, 2.05) is 0 Å². The molecule has 0 aromatic heterocycles. The summed E-state index contributed by atoms with van der Waals surface area (Å²) in [5.74, 6) is -3.50. The third-order valence-corrected chi connectivity index (χ3v) is 6.30. The summed E-state index contributed by atoms with van der Waals surface area (Å²) < 4.78 is 31.3. The number of phenols is 1. The highest BCUT2D eigenvalue weighted by atomic mass is 35.5. The maximum absolute atomic E-state index is 12.8. The monoisotopic (exact) mass is 481 g/mol. The van der Waals surface area contributed by atoms with Crippen LogP contribution in [-0.2, 0) is 19.4 Å². The summed E-state index contributed by atoms with van der Waals surface area (Å²) in [4.78, 5) is 21.5. The molecule has 8 nitrogen and oxygen atoms in total. The lowest BCUT2D eigenvalue weighted by Crippen LogP contribution is -2.21. The average Bonchev–Trinajstić information content (AvgIpc) is 2.72. The quantitative estimate of drug-likeness (QED) is 0.461. The molecule has 0 aliphatic rings. The Kier molecular flexibility index (Phi) is 6.40. The lowest BCUT2D eigenvalue weighted by Gasteiger charge is -2.13. The molecule has 0 aliphatic carbocycles. The van der Waals surface area contributed by atoms with Gasteiger partial charge in [-0.3, -0.25) is 4.79 Å². The second-order valence-electron chi connectivity index (χ2n) is 6.08. The number of halogens is 2. The average molecular weight is 482 g/mol. The molecule has 160 valence electrons. The van der Waals surface area contributed by atoms with Crippen molar-refractivity contribution in [1.29, 1.82) is 0 Å². The van der Waals surface area contributed by atoms with Gasteiger partial charge in [0.1, 0.15) is 16.4 Å². The zero-order chi connectivity index (χ0) is 22.8. The Bertz CT molecular complexity index is 1250. The van der Waals surface area contributed by atoms with Crippen LogP contribution in [0.5, 0.6) is 17.2 Å². The molecule has 0 fully saturated rings. The number of carboxylic acid groups (broad SMARTS) is 1. The van der Waals surface area contributed by atoms with Gasteiger partial charge in [-0.15, -0.1) is 0 Å². The van der Waals surface area contributed by atoms with E-state index in [4.69, 9.17) is 33.0 Å². The molecule has 0 radical (unpaired) electrons. The normalized spacial score (nSPS) is 11.0. The highest BCUT2D eigenvalue weighted by molar-refractivity contribution is 7.91. The van der Waals surface area contributed by atoms with Crippen molar-refractivity contribution in [3.05, 3.63) is 70.7 Å². The summed E-state index contributed by atoms with van der Waals surface area (Å²) in [5.41, 5.74) is 0.0211. The number of hydrogen-bond donors (Lipinski definition) is 3. The van der Waals surface area contributed by atoms with Crippen LogP contribution in [0.3, 0.4) is 0 Å². The van der Waals surface area contributed by atoms with Crippen LogP contribution in [0.15, 0.2) is 70.5 Å². The Morgan fingerprint density at radius 1 is 0.935 bits per heavy atom. The van der Waals surface area contributed by atoms with E-state index in [0.717, 1.165) is 12.1 Å². The number of amides is 1. The standard InChI is InChI=1S/C20H13Cl2NO7S/c21-14-8-11(23-19(25)20(26)27)9-15(22)18(14)30-12-6-7-16(24)17(10-12)31(28,29)13-4-2-1-3-5-13/h1-10,24H,(H,23,25)(H,26,27). The number of benzene rings is 3. The molecule has 3 aromatic rings. The SMILES string of the molecule is O=C(O)C(=O)Nc1cc(Cl)c(Oc2ccc(O)c(S(=O)(=O)c3ccccc3)c2)c(Cl)c1. The fourth-order valence-electron chi connectivity index (χ4n) is 2.53. The Morgan fingerprint density at radius 2 is 1.55 bits per heavy atom. The minimum Gasteiger partial charge on any atom is -0.507 e. The first-order chi connectivity index (χ1) is 14.6. The summed E-state index contributed by atoms with van der Waals surface area (Å²) in [5, 5.41) is 20.7. The van der Waals surface area contributed by atoms with E-state index in [2.05, 4.69) is 5.32 Å². The number of hydrogen-bond acceptors (Lipinski definition) is 6. The molecular weight excluding hydrogens is 469 g/mol. The number of carbonyl (C=O) groups is 2. The Morgan fingerprint density at radius 3 is 2.13 bits per heavy atom. The molecule has 0 bridgehead atoms. The first kappa shape index (κ1) is 22.4. The van der Waals surface area contributed by atoms with Gasteiger partial charge in [-0.05, 0) is 36.4 Å². The van der Waals surface area contributed by atoms with Crippen molar-refractivity contribution < 1.29 is 33.0 Å². The van der Waals surface area contributed by atoms with Gasteiger partial charge >= 0.3 is 11.9 Å². The Hall–Kier alpha value is -3.27. The maximum atomic E-state index is 12.8. The van der Waals surface area contributed by atoms with Gasteiger partial charge in [0.15, 0.2) is 5.75 Å². The van der Waals surface area contributed by atoms with E-state index in [1.54, 1.807) is 18.2 Å². The molecule has 0 spiro atoms. The van der Waals surface area contributed by atoms with Gasteiger partial charge < -0.3 is 20.3 Å². The lowest BCUT2D eigenvalue weighted by molar-refractivity contribution is -0.147. The van der Waals surface area contributed by atoms with Crippen LogP contribution in [0.25, 0.3) is 0 Å². The topological polar surface area (TPSA) is 130 Å². The van der Waals surface area contributed by atoms with Crippen molar-refractivity contribution in [2.45, 2.75) is 9.79 Å². The molecule has 3 N–H and O–H groups in total. The van der Waals surface area contributed by atoms with E-state index in [1.165, 1.54) is 30.3 Å². The number of aliphatic carboxylic acids is 1. The van der Waals surface area contributed by atoms with Gasteiger partial charge in [0, 0.05) is 11.8 Å². The van der Waals surface area contributed by atoms with Crippen LogP contribution in [0.2, 0.25) is 10.0 Å². The summed E-state index contributed by atoms with van der Waals surface area (Å²) in [6.07, 6.45) is 0.